The summed E-state index contributed by atoms with van der Waals surface area (Å²) < 4.78 is 14.8. The predicted octanol–water partition coefficient (Wildman–Crippen LogP) is 2.93. The number of hydrogen-bond donors (Lipinski definition) is 1. The zero-order chi connectivity index (χ0) is 20.8. The number of para-hydroxylation sites is 1. The first kappa shape index (κ1) is 18.2. The first-order chi connectivity index (χ1) is 14.5. The first-order valence-corrected chi connectivity index (χ1v) is 9.73. The van der Waals surface area contributed by atoms with Gasteiger partial charge in [0.15, 0.2) is 17.1 Å². The maximum Gasteiger partial charge on any atom is 0.273 e. The Bertz CT molecular complexity index is 1350. The van der Waals surface area contributed by atoms with Crippen LogP contribution < -0.4 is 20.3 Å². The summed E-state index contributed by atoms with van der Waals surface area (Å²) in [5, 5.41) is 3.77. The van der Waals surface area contributed by atoms with E-state index in [2.05, 4.69) is 10.3 Å². The maximum atomic E-state index is 13.1. The molecule has 152 valence electrons. The van der Waals surface area contributed by atoms with Crippen molar-refractivity contribution in [3.8, 4) is 11.5 Å². The second kappa shape index (κ2) is 6.91. The van der Waals surface area contributed by atoms with Gasteiger partial charge in [-0.3, -0.25) is 14.3 Å². The molecular weight excluding hydrogens is 384 g/mol. The van der Waals surface area contributed by atoms with E-state index in [0.717, 1.165) is 10.9 Å². The van der Waals surface area contributed by atoms with E-state index >= 15 is 0 Å². The Balaban J connectivity index is 1.56. The summed E-state index contributed by atoms with van der Waals surface area (Å²) in [4.78, 5) is 29.3. The van der Waals surface area contributed by atoms with Crippen LogP contribution in [0.15, 0.2) is 53.3 Å². The van der Waals surface area contributed by atoms with Gasteiger partial charge >= 0.3 is 0 Å². The van der Waals surface area contributed by atoms with Crippen molar-refractivity contribution < 1.29 is 14.3 Å². The third kappa shape index (κ3) is 2.88. The Kier molecular flexibility index (Phi) is 4.20. The number of carbonyl (C=O) groups is 1. The minimum absolute atomic E-state index is 0.201. The van der Waals surface area contributed by atoms with Crippen LogP contribution >= 0.6 is 0 Å². The molecule has 1 amide bonds. The molecule has 0 bridgehead atoms. The fourth-order valence-corrected chi connectivity index (χ4v) is 3.87. The number of hydrogen-bond acceptors (Lipinski definition) is 5. The summed E-state index contributed by atoms with van der Waals surface area (Å²) in [6, 6.07) is 13.8. The molecule has 0 fully saturated rings. The topological polar surface area (TPSA) is 86.9 Å². The van der Waals surface area contributed by atoms with Crippen molar-refractivity contribution in [1.29, 1.82) is 0 Å². The van der Waals surface area contributed by atoms with Gasteiger partial charge < -0.3 is 14.8 Å². The highest BCUT2D eigenvalue weighted by Gasteiger charge is 2.23. The van der Waals surface area contributed by atoms with Gasteiger partial charge in [0.2, 0.25) is 5.91 Å². The fourth-order valence-electron chi connectivity index (χ4n) is 3.87. The maximum absolute atomic E-state index is 13.1. The minimum atomic E-state index is -0.566. The lowest BCUT2D eigenvalue weighted by Gasteiger charge is -2.20. The van der Waals surface area contributed by atoms with E-state index in [1.807, 2.05) is 47.3 Å². The van der Waals surface area contributed by atoms with Gasteiger partial charge in [-0.1, -0.05) is 12.1 Å². The molecule has 1 N–H and O–H groups in total. The molecular formula is C22H20N4O4. The molecule has 0 spiro atoms. The van der Waals surface area contributed by atoms with Crippen molar-refractivity contribution in [2.45, 2.75) is 19.9 Å². The van der Waals surface area contributed by atoms with Gasteiger partial charge in [0.25, 0.3) is 5.56 Å². The number of anilines is 1. The van der Waals surface area contributed by atoms with Crippen LogP contribution in [0.4, 0.5) is 5.69 Å². The Morgan fingerprint density at radius 1 is 1.10 bits per heavy atom. The second-order valence-electron chi connectivity index (χ2n) is 7.26. The van der Waals surface area contributed by atoms with E-state index in [9.17, 15) is 9.59 Å². The molecule has 0 saturated heterocycles. The van der Waals surface area contributed by atoms with Crippen LogP contribution in [0, 0.1) is 6.92 Å². The van der Waals surface area contributed by atoms with Crippen LogP contribution in [0.3, 0.4) is 0 Å². The van der Waals surface area contributed by atoms with Gasteiger partial charge in [-0.25, -0.2) is 4.52 Å². The average Bonchev–Trinajstić information content (AvgIpc) is 3.08. The summed E-state index contributed by atoms with van der Waals surface area (Å²) in [5.74, 6) is 1.08. The molecule has 8 nitrogen and oxygen atoms in total. The Hall–Kier alpha value is -3.81. The highest BCUT2D eigenvalue weighted by Crippen LogP contribution is 2.33. The molecule has 0 saturated carbocycles. The van der Waals surface area contributed by atoms with E-state index in [0.29, 0.717) is 41.7 Å². The number of nitrogens with one attached hydrogen (secondary N) is 1. The second-order valence-corrected chi connectivity index (χ2v) is 7.26. The summed E-state index contributed by atoms with van der Waals surface area (Å²) in [6.45, 7) is 4.64. The molecule has 0 radical (unpaired) electrons. The quantitative estimate of drug-likeness (QED) is 0.567. The minimum Gasteiger partial charge on any atom is -0.486 e. The molecule has 3 heterocycles. The van der Waals surface area contributed by atoms with Crippen LogP contribution in [0.2, 0.25) is 0 Å². The molecule has 2 aromatic heterocycles. The van der Waals surface area contributed by atoms with Crippen LogP contribution in [-0.2, 0) is 4.79 Å². The van der Waals surface area contributed by atoms with Crippen molar-refractivity contribution in [1.82, 2.24) is 14.2 Å². The van der Waals surface area contributed by atoms with Gasteiger partial charge in [-0.05, 0) is 38.1 Å². The van der Waals surface area contributed by atoms with Gasteiger partial charge in [0, 0.05) is 28.9 Å². The van der Waals surface area contributed by atoms with Gasteiger partial charge in [0.05, 0.1) is 5.52 Å². The molecule has 0 aliphatic carbocycles. The lowest BCUT2D eigenvalue weighted by Crippen LogP contribution is -2.27. The number of fused-ring (bicyclic) bond motifs is 4. The molecule has 5 rings (SSSR count). The van der Waals surface area contributed by atoms with E-state index in [4.69, 9.17) is 9.47 Å². The van der Waals surface area contributed by atoms with Crippen LogP contribution in [0.1, 0.15) is 18.7 Å². The monoisotopic (exact) mass is 404 g/mol. The van der Waals surface area contributed by atoms with Crippen LogP contribution in [0.5, 0.6) is 11.5 Å². The third-order valence-electron chi connectivity index (χ3n) is 5.25. The van der Waals surface area contributed by atoms with Crippen molar-refractivity contribution >= 4 is 28.1 Å². The number of carbonyl (C=O) groups excluding carboxylic acids is 1. The summed E-state index contributed by atoms with van der Waals surface area (Å²) in [5.41, 5.74) is 2.39. The Morgan fingerprint density at radius 3 is 2.70 bits per heavy atom. The SMILES string of the molecule is Cc1cc(=O)nc2c3ccccc3n(C(C)C(=O)Nc3ccc4c(c3)OCCO4)n12. The molecule has 8 heteroatoms. The molecule has 1 aliphatic heterocycles. The number of aromatic nitrogens is 3. The largest absolute Gasteiger partial charge is 0.486 e. The average molecular weight is 404 g/mol. The Labute approximate surface area is 171 Å². The van der Waals surface area contributed by atoms with Crippen molar-refractivity contribution in [3.05, 3.63) is 64.6 Å². The number of nitrogens with zero attached hydrogens (tertiary/aromatic N) is 3. The number of ether oxygens (including phenoxy) is 2. The molecule has 2 aromatic carbocycles. The number of rotatable bonds is 3. The Morgan fingerprint density at radius 2 is 1.87 bits per heavy atom. The van der Waals surface area contributed by atoms with Crippen molar-refractivity contribution in [3.63, 3.8) is 0 Å². The molecule has 1 atom stereocenters. The molecule has 1 aliphatic rings. The van der Waals surface area contributed by atoms with Crippen LogP contribution in [-0.4, -0.2) is 33.3 Å². The fraction of sp³-hybridized carbons (Fsp3) is 0.227. The van der Waals surface area contributed by atoms with E-state index < -0.39 is 6.04 Å². The summed E-state index contributed by atoms with van der Waals surface area (Å²) in [6.07, 6.45) is 0. The number of benzene rings is 2. The number of aryl methyl sites for hydroxylation is 1. The van der Waals surface area contributed by atoms with Gasteiger partial charge in [-0.15, -0.1) is 0 Å². The summed E-state index contributed by atoms with van der Waals surface area (Å²) >= 11 is 0. The van der Waals surface area contributed by atoms with Crippen molar-refractivity contribution in [2.24, 2.45) is 0 Å². The van der Waals surface area contributed by atoms with E-state index in [1.54, 1.807) is 18.2 Å². The predicted molar refractivity (Wildman–Crippen MR) is 112 cm³/mol. The standard InChI is InChI=1S/C22H20N4O4/c1-13-11-20(27)24-21-16-5-3-4-6-17(16)26(25(13)21)14(2)22(28)23-15-7-8-18-19(12-15)30-10-9-29-18/h3-8,11-12,14H,9-10H2,1-2H3,(H,23,28). The third-order valence-corrected chi connectivity index (χ3v) is 5.25. The van der Waals surface area contributed by atoms with Gasteiger partial charge in [-0.2, -0.15) is 4.98 Å². The number of amides is 1. The van der Waals surface area contributed by atoms with E-state index in [-0.39, 0.29) is 11.5 Å². The lowest BCUT2D eigenvalue weighted by molar-refractivity contribution is -0.119. The zero-order valence-electron chi connectivity index (χ0n) is 16.6. The highest BCUT2D eigenvalue weighted by atomic mass is 16.6. The lowest BCUT2D eigenvalue weighted by atomic mass is 10.2. The van der Waals surface area contributed by atoms with Crippen molar-refractivity contribution in [2.75, 3.05) is 18.5 Å². The highest BCUT2D eigenvalue weighted by molar-refractivity contribution is 5.97. The zero-order valence-corrected chi connectivity index (χ0v) is 16.6. The van der Waals surface area contributed by atoms with Crippen LogP contribution in [0.25, 0.3) is 16.6 Å². The molecule has 1 unspecified atom stereocenters. The normalized spacial score (nSPS) is 14.1. The molecule has 30 heavy (non-hydrogen) atoms. The van der Waals surface area contributed by atoms with E-state index in [1.165, 1.54) is 6.07 Å². The van der Waals surface area contributed by atoms with Gasteiger partial charge in [0.1, 0.15) is 19.3 Å². The summed E-state index contributed by atoms with van der Waals surface area (Å²) in [7, 11) is 0. The smallest absolute Gasteiger partial charge is 0.273 e. The first-order valence-electron chi connectivity index (χ1n) is 9.73. The molecule has 4 aromatic rings.